The number of carbonyl (C=O) groups excluding carboxylic acids is 5. The predicted octanol–water partition coefficient (Wildman–Crippen LogP) is -0.0594. The lowest BCUT2D eigenvalue weighted by molar-refractivity contribution is -0.144. The number of carboxylic acids is 1. The molecule has 0 aromatic carbocycles. The summed E-state index contributed by atoms with van der Waals surface area (Å²) in [6.45, 7) is 15.1. The molecule has 0 aromatic rings. The number of nitrogens with two attached hydrogens (primary N) is 1. The lowest BCUT2D eigenvalue weighted by Crippen LogP contribution is -2.58. The Bertz CT molecular complexity index is 841. The molecule has 7 N–H and O–H groups in total. The zero-order valence-corrected chi connectivity index (χ0v) is 23.4. The molecule has 0 heterocycles. The number of rotatable bonds is 15. The molecule has 4 amide bonds. The lowest BCUT2D eigenvalue weighted by Gasteiger charge is -2.26. The number of ketones is 1. The molecule has 0 bridgehead atoms. The van der Waals surface area contributed by atoms with E-state index in [0.717, 1.165) is 0 Å². The van der Waals surface area contributed by atoms with E-state index in [2.05, 4.69) is 21.3 Å². The third kappa shape index (κ3) is 11.3. The summed E-state index contributed by atoms with van der Waals surface area (Å²) in [5, 5.41) is 19.1. The van der Waals surface area contributed by atoms with Crippen LogP contribution in [-0.2, 0) is 28.8 Å². The fraction of sp³-hybridized carbons (Fsp3) is 0.760. The van der Waals surface area contributed by atoms with Crippen molar-refractivity contribution in [2.45, 2.75) is 98.9 Å². The normalized spacial score (nSPS) is 15.5. The van der Waals surface area contributed by atoms with Crippen molar-refractivity contribution in [3.63, 3.8) is 0 Å². The number of aliphatic carboxylic acids is 1. The molecule has 0 unspecified atom stereocenters. The van der Waals surface area contributed by atoms with Gasteiger partial charge in [-0.15, -0.1) is 0 Å². The number of hydrogen-bond donors (Lipinski definition) is 6. The molecule has 0 aromatic heterocycles. The highest BCUT2D eigenvalue weighted by molar-refractivity contribution is 6.38. The Hall–Kier alpha value is -3.02. The maximum absolute atomic E-state index is 12.8. The molecule has 0 saturated carbocycles. The number of carboxylic acid groups (broad SMARTS) is 1. The van der Waals surface area contributed by atoms with E-state index in [-0.39, 0.29) is 24.2 Å². The Morgan fingerprint density at radius 3 is 1.54 bits per heavy atom. The molecular formula is C25H45N5O7. The highest BCUT2D eigenvalue weighted by Crippen LogP contribution is 2.09. The van der Waals surface area contributed by atoms with Gasteiger partial charge in [-0.3, -0.25) is 24.0 Å². The SMILES string of the molecule is CC(C)C[C@@H](NC(=O)C(=O)[C@H](C)NC(=O)[C@@H](NC(=O)[C@@H](N)C(C)C)C(C)C)C(=O)N[C@H](C(=O)O)C(C)C. The van der Waals surface area contributed by atoms with Crippen molar-refractivity contribution >= 4 is 35.4 Å². The van der Waals surface area contributed by atoms with Crippen LogP contribution in [0.2, 0.25) is 0 Å². The summed E-state index contributed by atoms with van der Waals surface area (Å²) >= 11 is 0. The minimum atomic E-state index is -1.25. The summed E-state index contributed by atoms with van der Waals surface area (Å²) in [5.74, 6) is -6.16. The second-order valence-corrected chi connectivity index (χ2v) is 10.8. The maximum Gasteiger partial charge on any atom is 0.326 e. The quantitative estimate of drug-likeness (QED) is 0.159. The number of hydrogen-bond acceptors (Lipinski definition) is 7. The molecule has 12 heteroatoms. The van der Waals surface area contributed by atoms with E-state index in [1.807, 2.05) is 0 Å². The molecular weight excluding hydrogens is 482 g/mol. The summed E-state index contributed by atoms with van der Waals surface area (Å²) in [7, 11) is 0. The summed E-state index contributed by atoms with van der Waals surface area (Å²) in [4.78, 5) is 74.7. The van der Waals surface area contributed by atoms with Crippen LogP contribution in [0.15, 0.2) is 0 Å². The lowest BCUT2D eigenvalue weighted by atomic mass is 9.99. The van der Waals surface area contributed by atoms with Gasteiger partial charge in [0.25, 0.3) is 5.91 Å². The smallest absolute Gasteiger partial charge is 0.326 e. The first-order chi connectivity index (χ1) is 16.9. The Balaban J connectivity index is 5.42. The third-order valence-electron chi connectivity index (χ3n) is 5.80. The van der Waals surface area contributed by atoms with Crippen molar-refractivity contribution in [3.05, 3.63) is 0 Å². The maximum atomic E-state index is 12.8. The molecule has 0 aliphatic carbocycles. The Kier molecular flexibility index (Phi) is 14.0. The predicted molar refractivity (Wildman–Crippen MR) is 138 cm³/mol. The van der Waals surface area contributed by atoms with Crippen LogP contribution in [0.25, 0.3) is 0 Å². The summed E-state index contributed by atoms with van der Waals surface area (Å²) < 4.78 is 0. The van der Waals surface area contributed by atoms with Crippen LogP contribution in [0.1, 0.15) is 68.7 Å². The molecule has 0 spiro atoms. The van der Waals surface area contributed by atoms with E-state index in [1.54, 1.807) is 55.4 Å². The Morgan fingerprint density at radius 1 is 0.649 bits per heavy atom. The van der Waals surface area contributed by atoms with Gasteiger partial charge < -0.3 is 32.1 Å². The Labute approximate surface area is 219 Å². The van der Waals surface area contributed by atoms with Gasteiger partial charge >= 0.3 is 5.97 Å². The van der Waals surface area contributed by atoms with E-state index < -0.39 is 71.5 Å². The van der Waals surface area contributed by atoms with E-state index in [1.165, 1.54) is 6.92 Å². The molecule has 0 aliphatic heterocycles. The third-order valence-corrected chi connectivity index (χ3v) is 5.80. The van der Waals surface area contributed by atoms with Gasteiger partial charge in [0.2, 0.25) is 23.5 Å². The molecule has 5 atom stereocenters. The second kappa shape index (κ2) is 15.3. The van der Waals surface area contributed by atoms with Gasteiger partial charge in [0.15, 0.2) is 0 Å². The standard InChI is InChI=1S/C25H45N5O7/c1-11(2)10-16(21(32)30-19(14(7)8)25(36)37)28-24(35)20(31)15(9)27-23(34)18(13(5)6)29-22(33)17(26)12(3)4/h11-19H,10,26H2,1-9H3,(H,27,34)(H,28,35)(H,29,33)(H,30,32)(H,36,37)/t15-,16+,17-,18-,19-/m0/s1. The number of amides is 4. The van der Waals surface area contributed by atoms with Gasteiger partial charge in [0, 0.05) is 0 Å². The zero-order valence-electron chi connectivity index (χ0n) is 23.4. The molecule has 212 valence electrons. The monoisotopic (exact) mass is 527 g/mol. The Morgan fingerprint density at radius 2 is 1.14 bits per heavy atom. The van der Waals surface area contributed by atoms with Crippen LogP contribution < -0.4 is 27.0 Å². The summed E-state index contributed by atoms with van der Waals surface area (Å²) in [5.41, 5.74) is 5.85. The first-order valence-electron chi connectivity index (χ1n) is 12.6. The van der Waals surface area contributed by atoms with E-state index in [4.69, 9.17) is 5.73 Å². The molecule has 12 nitrogen and oxygen atoms in total. The van der Waals surface area contributed by atoms with Gasteiger partial charge in [-0.2, -0.15) is 0 Å². The van der Waals surface area contributed by atoms with Crippen molar-refractivity contribution in [1.29, 1.82) is 0 Å². The van der Waals surface area contributed by atoms with Gasteiger partial charge in [-0.25, -0.2) is 4.79 Å². The van der Waals surface area contributed by atoms with Crippen LogP contribution in [-0.4, -0.2) is 70.7 Å². The second-order valence-electron chi connectivity index (χ2n) is 10.8. The molecule has 37 heavy (non-hydrogen) atoms. The fourth-order valence-corrected chi connectivity index (χ4v) is 3.35. The largest absolute Gasteiger partial charge is 0.480 e. The van der Waals surface area contributed by atoms with Crippen LogP contribution in [0, 0.1) is 23.7 Å². The highest BCUT2D eigenvalue weighted by Gasteiger charge is 2.33. The van der Waals surface area contributed by atoms with E-state index >= 15 is 0 Å². The van der Waals surface area contributed by atoms with Gasteiger partial charge in [0.1, 0.15) is 18.1 Å². The first-order valence-corrected chi connectivity index (χ1v) is 12.6. The van der Waals surface area contributed by atoms with Crippen LogP contribution in [0.4, 0.5) is 0 Å². The van der Waals surface area contributed by atoms with Gasteiger partial charge in [-0.1, -0.05) is 55.4 Å². The number of carbonyl (C=O) groups is 6. The van der Waals surface area contributed by atoms with Crippen molar-refractivity contribution in [2.75, 3.05) is 0 Å². The van der Waals surface area contributed by atoms with Crippen molar-refractivity contribution < 1.29 is 33.9 Å². The molecule has 0 saturated heterocycles. The molecule has 0 radical (unpaired) electrons. The number of nitrogens with one attached hydrogen (secondary N) is 4. The fourth-order valence-electron chi connectivity index (χ4n) is 3.35. The average molecular weight is 528 g/mol. The molecule has 0 fully saturated rings. The van der Waals surface area contributed by atoms with Crippen molar-refractivity contribution in [3.8, 4) is 0 Å². The first kappa shape index (κ1) is 34.0. The number of Topliss-reactive ketones (excluding diaryl/α,β-unsaturated/α-hetero) is 1. The van der Waals surface area contributed by atoms with Crippen LogP contribution in [0.5, 0.6) is 0 Å². The van der Waals surface area contributed by atoms with Gasteiger partial charge in [0.05, 0.1) is 12.1 Å². The molecule has 0 aliphatic rings. The minimum Gasteiger partial charge on any atom is -0.480 e. The molecule has 0 rings (SSSR count). The average Bonchev–Trinajstić information content (AvgIpc) is 2.77. The topological polar surface area (TPSA) is 197 Å². The van der Waals surface area contributed by atoms with E-state index in [0.29, 0.717) is 0 Å². The zero-order chi connectivity index (χ0) is 29.2. The van der Waals surface area contributed by atoms with E-state index in [9.17, 15) is 33.9 Å². The van der Waals surface area contributed by atoms with Crippen molar-refractivity contribution in [1.82, 2.24) is 21.3 Å². The van der Waals surface area contributed by atoms with Crippen LogP contribution in [0.3, 0.4) is 0 Å². The van der Waals surface area contributed by atoms with Gasteiger partial charge in [-0.05, 0) is 37.0 Å². The minimum absolute atomic E-state index is 0.0572. The summed E-state index contributed by atoms with van der Waals surface area (Å²) in [6.07, 6.45) is 0.160. The highest BCUT2D eigenvalue weighted by atomic mass is 16.4. The van der Waals surface area contributed by atoms with Crippen LogP contribution >= 0.6 is 0 Å². The summed E-state index contributed by atoms with van der Waals surface area (Å²) in [6, 6.07) is -5.38. The van der Waals surface area contributed by atoms with Crippen molar-refractivity contribution in [2.24, 2.45) is 29.4 Å².